The Morgan fingerprint density at radius 3 is 2.14 bits per heavy atom. The van der Waals surface area contributed by atoms with Gasteiger partial charge in [-0.1, -0.05) is 0 Å². The van der Waals surface area contributed by atoms with E-state index in [0.29, 0.717) is 39.0 Å². The van der Waals surface area contributed by atoms with Gasteiger partial charge < -0.3 is 20.2 Å². The molecule has 0 bridgehead atoms. The van der Waals surface area contributed by atoms with Crippen LogP contribution in [0.25, 0.3) is 0 Å². The number of carboxylic acids is 1. The third-order valence-electron chi connectivity index (χ3n) is 4.18. The zero-order valence-electron chi connectivity index (χ0n) is 13.0. The maximum Gasteiger partial charge on any atom is 0.317 e. The molecule has 0 atom stereocenters. The van der Waals surface area contributed by atoms with Crippen LogP contribution in [-0.2, 0) is 9.59 Å². The van der Waals surface area contributed by atoms with E-state index in [1.54, 1.807) is 16.7 Å². The molecule has 0 unspecified atom stereocenters. The molecule has 7 nitrogen and oxygen atoms in total. The molecule has 1 fully saturated rings. The van der Waals surface area contributed by atoms with Gasteiger partial charge in [0.25, 0.3) is 0 Å². The number of carbonyl (C=O) groups is 3. The molecular weight excluding hydrogens is 274 g/mol. The Bertz CT molecular complexity index is 399. The minimum absolute atomic E-state index is 0.0206. The van der Waals surface area contributed by atoms with E-state index >= 15 is 0 Å². The highest BCUT2D eigenvalue weighted by molar-refractivity contribution is 5.84. The van der Waals surface area contributed by atoms with Gasteiger partial charge in [-0.05, 0) is 33.6 Å². The first kappa shape index (κ1) is 17.3. The van der Waals surface area contributed by atoms with E-state index < -0.39 is 11.4 Å². The largest absolute Gasteiger partial charge is 0.481 e. The van der Waals surface area contributed by atoms with E-state index in [4.69, 9.17) is 5.11 Å². The number of aliphatic carboxylic acids is 1. The lowest BCUT2D eigenvalue weighted by molar-refractivity contribution is -0.150. The van der Waals surface area contributed by atoms with Crippen LogP contribution in [0.4, 0.5) is 4.79 Å². The Morgan fingerprint density at radius 1 is 1.19 bits per heavy atom. The molecule has 0 radical (unpaired) electrons. The topological polar surface area (TPSA) is 90.0 Å². The zero-order chi connectivity index (χ0) is 16.0. The number of urea groups is 1. The number of hydrogen-bond donors (Lipinski definition) is 2. The molecule has 0 aliphatic carbocycles. The molecule has 1 heterocycles. The first-order valence-corrected chi connectivity index (χ1v) is 7.38. The minimum atomic E-state index is -0.820. The fraction of sp³-hybridized carbons (Fsp3) is 0.786. The van der Waals surface area contributed by atoms with Crippen LogP contribution in [-0.4, -0.2) is 65.5 Å². The number of carboxylic acid groups (broad SMARTS) is 1. The van der Waals surface area contributed by atoms with Gasteiger partial charge in [-0.2, -0.15) is 0 Å². The SMILES string of the molecule is CCN(CC)C(=O)CNC(=O)N1CCC(C)(C(=O)O)CC1. The van der Waals surface area contributed by atoms with Crippen molar-refractivity contribution in [2.45, 2.75) is 33.6 Å². The van der Waals surface area contributed by atoms with Crippen LogP contribution in [0.2, 0.25) is 0 Å². The summed E-state index contributed by atoms with van der Waals surface area (Å²) in [4.78, 5) is 38.1. The molecule has 1 aliphatic heterocycles. The van der Waals surface area contributed by atoms with Gasteiger partial charge in [0.05, 0.1) is 12.0 Å². The smallest absolute Gasteiger partial charge is 0.317 e. The van der Waals surface area contributed by atoms with Crippen LogP contribution >= 0.6 is 0 Å². The van der Waals surface area contributed by atoms with Gasteiger partial charge in [0, 0.05) is 26.2 Å². The molecule has 0 saturated carbocycles. The number of carbonyl (C=O) groups excluding carboxylic acids is 2. The molecule has 120 valence electrons. The van der Waals surface area contributed by atoms with Crippen LogP contribution in [0.15, 0.2) is 0 Å². The number of nitrogens with zero attached hydrogens (tertiary/aromatic N) is 2. The summed E-state index contributed by atoms with van der Waals surface area (Å²) in [6.07, 6.45) is 0.861. The summed E-state index contributed by atoms with van der Waals surface area (Å²) in [5.74, 6) is -0.931. The Balaban J connectivity index is 2.41. The van der Waals surface area contributed by atoms with E-state index in [1.165, 1.54) is 0 Å². The Labute approximate surface area is 125 Å². The number of amides is 3. The number of piperidine rings is 1. The summed E-state index contributed by atoms with van der Waals surface area (Å²) in [6.45, 7) is 7.49. The predicted molar refractivity (Wildman–Crippen MR) is 77.9 cm³/mol. The van der Waals surface area contributed by atoms with E-state index in [-0.39, 0.29) is 18.5 Å². The van der Waals surface area contributed by atoms with Gasteiger partial charge in [0.2, 0.25) is 5.91 Å². The van der Waals surface area contributed by atoms with Crippen LogP contribution in [0.3, 0.4) is 0 Å². The minimum Gasteiger partial charge on any atom is -0.481 e. The van der Waals surface area contributed by atoms with Gasteiger partial charge in [0.1, 0.15) is 0 Å². The lowest BCUT2D eigenvalue weighted by Gasteiger charge is -2.36. The lowest BCUT2D eigenvalue weighted by atomic mass is 9.80. The summed E-state index contributed by atoms with van der Waals surface area (Å²) in [5.41, 5.74) is -0.756. The fourth-order valence-corrected chi connectivity index (χ4v) is 2.37. The molecule has 1 aliphatic rings. The van der Waals surface area contributed by atoms with Crippen molar-refractivity contribution in [3.8, 4) is 0 Å². The monoisotopic (exact) mass is 299 g/mol. The highest BCUT2D eigenvalue weighted by Crippen LogP contribution is 2.30. The van der Waals surface area contributed by atoms with Gasteiger partial charge >= 0.3 is 12.0 Å². The second kappa shape index (κ2) is 7.28. The van der Waals surface area contributed by atoms with E-state index in [2.05, 4.69) is 5.32 Å². The molecule has 21 heavy (non-hydrogen) atoms. The maximum atomic E-state index is 12.0. The van der Waals surface area contributed by atoms with E-state index in [0.717, 1.165) is 0 Å². The molecule has 0 aromatic carbocycles. The van der Waals surface area contributed by atoms with Crippen molar-refractivity contribution >= 4 is 17.9 Å². The van der Waals surface area contributed by atoms with Crippen LogP contribution < -0.4 is 5.32 Å². The quantitative estimate of drug-likeness (QED) is 0.784. The molecule has 7 heteroatoms. The van der Waals surface area contributed by atoms with Crippen molar-refractivity contribution in [2.75, 3.05) is 32.7 Å². The Hall–Kier alpha value is -1.79. The number of hydrogen-bond acceptors (Lipinski definition) is 3. The van der Waals surface area contributed by atoms with Gasteiger partial charge in [-0.15, -0.1) is 0 Å². The zero-order valence-corrected chi connectivity index (χ0v) is 13.0. The molecule has 1 saturated heterocycles. The van der Waals surface area contributed by atoms with Crippen LogP contribution in [0.1, 0.15) is 33.6 Å². The molecule has 1 rings (SSSR count). The average Bonchev–Trinajstić information content (AvgIpc) is 2.46. The third-order valence-corrected chi connectivity index (χ3v) is 4.18. The summed E-state index contributed by atoms with van der Waals surface area (Å²) in [6, 6.07) is -0.303. The fourth-order valence-electron chi connectivity index (χ4n) is 2.37. The Kier molecular flexibility index (Phi) is 5.99. The maximum absolute atomic E-state index is 12.0. The van der Waals surface area contributed by atoms with E-state index in [9.17, 15) is 14.4 Å². The molecule has 0 aromatic rings. The number of nitrogens with one attached hydrogen (secondary N) is 1. The van der Waals surface area contributed by atoms with Crippen molar-refractivity contribution in [2.24, 2.45) is 5.41 Å². The first-order chi connectivity index (χ1) is 9.84. The lowest BCUT2D eigenvalue weighted by Crippen LogP contribution is -2.50. The molecule has 0 aromatic heterocycles. The Morgan fingerprint density at radius 2 is 1.71 bits per heavy atom. The molecule has 3 amide bonds. The van der Waals surface area contributed by atoms with Gasteiger partial charge in [-0.3, -0.25) is 9.59 Å². The molecular formula is C14H25N3O4. The summed E-state index contributed by atoms with van der Waals surface area (Å²) in [7, 11) is 0. The summed E-state index contributed by atoms with van der Waals surface area (Å²) < 4.78 is 0. The van der Waals surface area contributed by atoms with Gasteiger partial charge in [-0.25, -0.2) is 4.79 Å². The van der Waals surface area contributed by atoms with Crippen LogP contribution in [0.5, 0.6) is 0 Å². The first-order valence-electron chi connectivity index (χ1n) is 7.38. The number of likely N-dealkylation sites (tertiary alicyclic amines) is 1. The molecule has 2 N–H and O–H groups in total. The predicted octanol–water partition coefficient (Wildman–Crippen LogP) is 0.751. The van der Waals surface area contributed by atoms with Crippen molar-refractivity contribution in [1.82, 2.24) is 15.1 Å². The third kappa shape index (κ3) is 4.34. The van der Waals surface area contributed by atoms with Crippen molar-refractivity contribution in [1.29, 1.82) is 0 Å². The highest BCUT2D eigenvalue weighted by Gasteiger charge is 2.38. The second-order valence-corrected chi connectivity index (χ2v) is 5.58. The van der Waals surface area contributed by atoms with Crippen LogP contribution in [0, 0.1) is 5.41 Å². The summed E-state index contributed by atoms with van der Waals surface area (Å²) in [5, 5.41) is 11.8. The molecule has 0 spiro atoms. The van der Waals surface area contributed by atoms with Crippen molar-refractivity contribution < 1.29 is 19.5 Å². The standard InChI is InChI=1S/C14H25N3O4/c1-4-16(5-2)11(18)10-15-13(21)17-8-6-14(3,7-9-17)12(19)20/h4-10H2,1-3H3,(H,15,21)(H,19,20). The van der Waals surface area contributed by atoms with Crippen molar-refractivity contribution in [3.63, 3.8) is 0 Å². The van der Waals surface area contributed by atoms with Crippen molar-refractivity contribution in [3.05, 3.63) is 0 Å². The van der Waals surface area contributed by atoms with Gasteiger partial charge in [0.15, 0.2) is 0 Å². The normalized spacial score (nSPS) is 17.2. The average molecular weight is 299 g/mol. The second-order valence-electron chi connectivity index (χ2n) is 5.58. The summed E-state index contributed by atoms with van der Waals surface area (Å²) >= 11 is 0. The highest BCUT2D eigenvalue weighted by atomic mass is 16.4. The number of rotatable bonds is 5. The number of likely N-dealkylation sites (N-methyl/N-ethyl adjacent to an activating group) is 1. The van der Waals surface area contributed by atoms with E-state index in [1.807, 2.05) is 13.8 Å².